The number of imidazole rings is 1. The van der Waals surface area contributed by atoms with Crippen LogP contribution in [-0.2, 0) is 11.2 Å². The Hall–Kier alpha value is -3.06. The van der Waals surface area contributed by atoms with Crippen molar-refractivity contribution in [2.75, 3.05) is 19.6 Å². The van der Waals surface area contributed by atoms with Crippen molar-refractivity contribution in [3.05, 3.63) is 84.0 Å². The lowest BCUT2D eigenvalue weighted by molar-refractivity contribution is -0.131. The minimum absolute atomic E-state index is 0.0850. The number of pyridine rings is 1. The van der Waals surface area contributed by atoms with Gasteiger partial charge in [0.2, 0.25) is 5.91 Å². The highest BCUT2D eigenvalue weighted by Gasteiger charge is 2.17. The maximum Gasteiger partial charge on any atom is 0.223 e. The Morgan fingerprint density at radius 3 is 2.65 bits per heavy atom. The van der Waals surface area contributed by atoms with Crippen molar-refractivity contribution in [2.24, 2.45) is 5.73 Å². The van der Waals surface area contributed by atoms with Gasteiger partial charge in [0, 0.05) is 62.2 Å². The second kappa shape index (κ2) is 12.0. The van der Waals surface area contributed by atoms with Gasteiger partial charge in [-0.15, -0.1) is 0 Å². The van der Waals surface area contributed by atoms with Gasteiger partial charge in [-0.25, -0.2) is 9.37 Å². The molecule has 3 N–H and O–H groups in total. The molecular weight excluding hydrogens is 393 g/mol. The average Bonchev–Trinajstić information content (AvgIpc) is 3.31. The smallest absolute Gasteiger partial charge is 0.223 e. The van der Waals surface area contributed by atoms with E-state index in [0.717, 1.165) is 42.6 Å². The van der Waals surface area contributed by atoms with E-state index in [-0.39, 0.29) is 17.6 Å². The zero-order valence-corrected chi connectivity index (χ0v) is 17.7. The van der Waals surface area contributed by atoms with Gasteiger partial charge in [-0.05, 0) is 42.7 Å². The fraction of sp³-hybridized carbons (Fsp3) is 0.375. The van der Waals surface area contributed by atoms with Crippen LogP contribution in [0.4, 0.5) is 4.39 Å². The van der Waals surface area contributed by atoms with E-state index in [1.807, 2.05) is 35.2 Å². The SMILES string of the molecule is NCCC(=O)N(CCCCC(c1ccc(F)cc1)c1ccccn1)CCc1cnc[nH]1. The zero-order chi connectivity index (χ0) is 21.9. The molecule has 6 nitrogen and oxygen atoms in total. The number of halogens is 1. The molecule has 1 aromatic carbocycles. The summed E-state index contributed by atoms with van der Waals surface area (Å²) in [5, 5.41) is 0. The Kier molecular flexibility index (Phi) is 8.72. The zero-order valence-electron chi connectivity index (χ0n) is 17.7. The molecule has 0 aliphatic carbocycles. The fourth-order valence-corrected chi connectivity index (χ4v) is 3.73. The summed E-state index contributed by atoms with van der Waals surface area (Å²) in [5.41, 5.74) is 8.63. The molecule has 0 aliphatic heterocycles. The Labute approximate surface area is 182 Å². The molecule has 0 aliphatic rings. The van der Waals surface area contributed by atoms with Gasteiger partial charge >= 0.3 is 0 Å². The second-order valence-electron chi connectivity index (χ2n) is 7.60. The van der Waals surface area contributed by atoms with Gasteiger partial charge in [0.15, 0.2) is 0 Å². The molecule has 3 aromatic rings. The number of hydrogen-bond acceptors (Lipinski definition) is 4. The van der Waals surface area contributed by atoms with Gasteiger partial charge in [0.05, 0.1) is 6.33 Å². The highest BCUT2D eigenvalue weighted by molar-refractivity contribution is 5.76. The van der Waals surface area contributed by atoms with E-state index in [9.17, 15) is 9.18 Å². The first kappa shape index (κ1) is 22.6. The molecule has 1 atom stereocenters. The van der Waals surface area contributed by atoms with Crippen LogP contribution in [0.5, 0.6) is 0 Å². The number of rotatable bonds is 12. The molecule has 7 heteroatoms. The van der Waals surface area contributed by atoms with Crippen LogP contribution in [0.1, 0.15) is 48.6 Å². The summed E-state index contributed by atoms with van der Waals surface area (Å²) >= 11 is 0. The second-order valence-corrected chi connectivity index (χ2v) is 7.60. The molecule has 0 saturated heterocycles. The monoisotopic (exact) mass is 423 g/mol. The van der Waals surface area contributed by atoms with Crippen LogP contribution < -0.4 is 5.73 Å². The normalized spacial score (nSPS) is 11.9. The summed E-state index contributed by atoms with van der Waals surface area (Å²) in [5.74, 6) is -0.0586. The van der Waals surface area contributed by atoms with Crippen molar-refractivity contribution in [1.29, 1.82) is 0 Å². The van der Waals surface area contributed by atoms with Crippen LogP contribution in [0.3, 0.4) is 0 Å². The molecule has 0 spiro atoms. The number of benzene rings is 1. The van der Waals surface area contributed by atoms with E-state index < -0.39 is 0 Å². The summed E-state index contributed by atoms with van der Waals surface area (Å²) in [6.45, 7) is 1.68. The number of aromatic amines is 1. The van der Waals surface area contributed by atoms with Gasteiger partial charge in [-0.1, -0.05) is 24.6 Å². The molecule has 0 bridgehead atoms. The molecule has 2 heterocycles. The molecule has 0 radical (unpaired) electrons. The third-order valence-corrected chi connectivity index (χ3v) is 5.40. The molecule has 31 heavy (non-hydrogen) atoms. The number of nitrogens with two attached hydrogens (primary N) is 1. The number of nitrogens with one attached hydrogen (secondary N) is 1. The first-order valence-corrected chi connectivity index (χ1v) is 10.8. The Bertz CT molecular complexity index is 899. The number of carbonyl (C=O) groups excluding carboxylic acids is 1. The van der Waals surface area contributed by atoms with Gasteiger partial charge < -0.3 is 15.6 Å². The lowest BCUT2D eigenvalue weighted by atomic mass is 9.90. The molecule has 3 rings (SSSR count). The predicted molar refractivity (Wildman–Crippen MR) is 119 cm³/mol. The number of aromatic nitrogens is 3. The van der Waals surface area contributed by atoms with E-state index in [1.54, 1.807) is 18.7 Å². The fourth-order valence-electron chi connectivity index (χ4n) is 3.73. The van der Waals surface area contributed by atoms with Gasteiger partial charge in [-0.3, -0.25) is 9.78 Å². The van der Waals surface area contributed by atoms with Crippen LogP contribution in [0.15, 0.2) is 61.2 Å². The van der Waals surface area contributed by atoms with Crippen LogP contribution in [0.2, 0.25) is 0 Å². The lowest BCUT2D eigenvalue weighted by Crippen LogP contribution is -2.35. The van der Waals surface area contributed by atoms with E-state index in [0.29, 0.717) is 26.1 Å². The first-order chi connectivity index (χ1) is 15.2. The third kappa shape index (κ3) is 7.00. The van der Waals surface area contributed by atoms with E-state index in [2.05, 4.69) is 15.0 Å². The quantitative estimate of drug-likeness (QED) is 0.435. The minimum atomic E-state index is -0.241. The van der Waals surface area contributed by atoms with Crippen LogP contribution in [-0.4, -0.2) is 45.4 Å². The first-order valence-electron chi connectivity index (χ1n) is 10.8. The number of hydrogen-bond donors (Lipinski definition) is 2. The molecule has 0 fully saturated rings. The van der Waals surface area contributed by atoms with Crippen molar-refractivity contribution in [1.82, 2.24) is 19.9 Å². The maximum atomic E-state index is 13.4. The lowest BCUT2D eigenvalue weighted by Gasteiger charge is -2.23. The Morgan fingerprint density at radius 1 is 1.13 bits per heavy atom. The van der Waals surface area contributed by atoms with Crippen molar-refractivity contribution < 1.29 is 9.18 Å². The van der Waals surface area contributed by atoms with Gasteiger partial charge in [0.25, 0.3) is 0 Å². The predicted octanol–water partition coefficient (Wildman–Crippen LogP) is 3.67. The summed E-state index contributed by atoms with van der Waals surface area (Å²) < 4.78 is 13.4. The maximum absolute atomic E-state index is 13.4. The standard InChI is InChI=1S/C24H30FN5O/c25-20-9-7-19(8-10-20)22(23-6-1-3-14-28-23)5-2-4-15-30(24(31)11-13-26)16-12-21-17-27-18-29-21/h1,3,6-10,14,17-18,22H,2,4-5,11-13,15-16,26H2,(H,27,29). The van der Waals surface area contributed by atoms with Gasteiger partial charge in [-0.2, -0.15) is 0 Å². The minimum Gasteiger partial charge on any atom is -0.348 e. The number of unbranched alkanes of at least 4 members (excludes halogenated alkanes) is 1. The highest BCUT2D eigenvalue weighted by atomic mass is 19.1. The summed E-state index contributed by atoms with van der Waals surface area (Å²) in [6.07, 6.45) is 8.99. The summed E-state index contributed by atoms with van der Waals surface area (Å²) in [6, 6.07) is 12.5. The van der Waals surface area contributed by atoms with Crippen LogP contribution in [0.25, 0.3) is 0 Å². The van der Waals surface area contributed by atoms with Crippen LogP contribution >= 0.6 is 0 Å². The van der Waals surface area contributed by atoms with Crippen molar-refractivity contribution in [3.8, 4) is 0 Å². The molecular formula is C24H30FN5O. The molecule has 1 unspecified atom stereocenters. The number of amides is 1. The topological polar surface area (TPSA) is 87.9 Å². The summed E-state index contributed by atoms with van der Waals surface area (Å²) in [4.78, 5) is 26.0. The average molecular weight is 424 g/mol. The van der Waals surface area contributed by atoms with E-state index in [4.69, 9.17) is 5.73 Å². The third-order valence-electron chi connectivity index (χ3n) is 5.40. The highest BCUT2D eigenvalue weighted by Crippen LogP contribution is 2.28. The summed E-state index contributed by atoms with van der Waals surface area (Å²) in [7, 11) is 0. The van der Waals surface area contributed by atoms with E-state index >= 15 is 0 Å². The molecule has 1 amide bonds. The molecule has 0 saturated carbocycles. The molecule has 164 valence electrons. The Morgan fingerprint density at radius 2 is 1.97 bits per heavy atom. The molecule has 2 aromatic heterocycles. The van der Waals surface area contributed by atoms with E-state index in [1.165, 1.54) is 12.1 Å². The number of nitrogens with zero attached hydrogens (tertiary/aromatic N) is 3. The van der Waals surface area contributed by atoms with Crippen molar-refractivity contribution in [2.45, 2.75) is 38.0 Å². The number of H-pyrrole nitrogens is 1. The van der Waals surface area contributed by atoms with Crippen molar-refractivity contribution in [3.63, 3.8) is 0 Å². The van der Waals surface area contributed by atoms with Gasteiger partial charge in [0.1, 0.15) is 5.82 Å². The largest absolute Gasteiger partial charge is 0.348 e. The van der Waals surface area contributed by atoms with Crippen LogP contribution in [0, 0.1) is 5.82 Å². The van der Waals surface area contributed by atoms with Crippen molar-refractivity contribution >= 4 is 5.91 Å². The number of carbonyl (C=O) groups is 1. The Balaban J connectivity index is 1.58.